The van der Waals surface area contributed by atoms with Gasteiger partial charge in [-0.15, -0.1) is 5.11 Å². The molecule has 2 rings (SSSR count). The molecule has 8 nitrogen and oxygen atoms in total. The van der Waals surface area contributed by atoms with Crippen LogP contribution in [0.1, 0.15) is 11.1 Å². The van der Waals surface area contributed by atoms with Crippen molar-refractivity contribution in [2.24, 2.45) is 10.2 Å². The lowest BCUT2D eigenvalue weighted by molar-refractivity contribution is 0.466. The standard InChI is InChI=1S/C14H14N2O6S2/c1-9-8-12(16-15-11-6-4-3-5-7-11)14(24(20,21)22)13(10(9)2)23(17,18)19/h3-8H,1-2H3,(H,17,18,19)(H,20,21,22). The number of azo groups is 1. The van der Waals surface area contributed by atoms with E-state index in [1.54, 1.807) is 30.3 Å². The molecule has 2 aromatic carbocycles. The third kappa shape index (κ3) is 3.85. The minimum atomic E-state index is -4.98. The normalized spacial score (nSPS) is 12.7. The molecule has 0 aromatic heterocycles. The van der Waals surface area contributed by atoms with Crippen LogP contribution in [0.25, 0.3) is 0 Å². The van der Waals surface area contributed by atoms with Crippen molar-refractivity contribution in [3.05, 3.63) is 47.5 Å². The Morgan fingerprint density at radius 2 is 1.38 bits per heavy atom. The van der Waals surface area contributed by atoms with Crippen molar-refractivity contribution in [2.75, 3.05) is 0 Å². The van der Waals surface area contributed by atoms with E-state index in [0.717, 1.165) is 0 Å². The summed E-state index contributed by atoms with van der Waals surface area (Å²) in [7, 11) is -9.90. The first-order chi connectivity index (χ1) is 11.0. The average molecular weight is 370 g/mol. The van der Waals surface area contributed by atoms with Crippen LogP contribution in [0.4, 0.5) is 11.4 Å². The molecule has 128 valence electrons. The highest BCUT2D eigenvalue weighted by molar-refractivity contribution is 7.89. The fourth-order valence-electron chi connectivity index (χ4n) is 2.09. The Morgan fingerprint density at radius 1 is 0.833 bits per heavy atom. The van der Waals surface area contributed by atoms with E-state index in [9.17, 15) is 25.9 Å². The first kappa shape index (κ1) is 18.2. The highest BCUT2D eigenvalue weighted by atomic mass is 32.2. The van der Waals surface area contributed by atoms with Crippen LogP contribution in [0.5, 0.6) is 0 Å². The van der Waals surface area contributed by atoms with Crippen LogP contribution < -0.4 is 0 Å². The largest absolute Gasteiger partial charge is 0.298 e. The van der Waals surface area contributed by atoms with Crippen LogP contribution in [0.2, 0.25) is 0 Å². The van der Waals surface area contributed by atoms with Crippen LogP contribution in [0, 0.1) is 13.8 Å². The van der Waals surface area contributed by atoms with Crippen molar-refractivity contribution in [3.8, 4) is 0 Å². The summed E-state index contributed by atoms with van der Waals surface area (Å²) in [6.45, 7) is 2.82. The summed E-state index contributed by atoms with van der Waals surface area (Å²) in [6, 6.07) is 9.57. The molecule has 0 radical (unpaired) electrons. The number of hydrogen-bond donors (Lipinski definition) is 2. The van der Waals surface area contributed by atoms with Gasteiger partial charge in [0, 0.05) is 0 Å². The second kappa shape index (κ2) is 6.40. The Morgan fingerprint density at radius 3 is 1.88 bits per heavy atom. The Bertz CT molecular complexity index is 1010. The molecule has 0 bridgehead atoms. The van der Waals surface area contributed by atoms with Gasteiger partial charge in [0.05, 0.1) is 5.69 Å². The number of aryl methyl sites for hydroxylation is 1. The van der Waals surface area contributed by atoms with E-state index >= 15 is 0 Å². The predicted molar refractivity (Wildman–Crippen MR) is 86.2 cm³/mol. The molecule has 0 heterocycles. The Hall–Kier alpha value is -2.14. The van der Waals surface area contributed by atoms with Crippen LogP contribution in [0.15, 0.2) is 56.4 Å². The zero-order chi connectivity index (χ0) is 18.1. The summed E-state index contributed by atoms with van der Waals surface area (Å²) in [5.41, 5.74) is 0.350. The molecular weight excluding hydrogens is 356 g/mol. The number of rotatable bonds is 4. The molecule has 0 aliphatic heterocycles. The van der Waals surface area contributed by atoms with Crippen molar-refractivity contribution < 1.29 is 25.9 Å². The quantitative estimate of drug-likeness (QED) is 0.627. The first-order valence-electron chi connectivity index (χ1n) is 6.58. The van der Waals surface area contributed by atoms with E-state index in [0.29, 0.717) is 11.3 Å². The summed E-state index contributed by atoms with van der Waals surface area (Å²) in [5.74, 6) is 0. The fraction of sp³-hybridized carbons (Fsp3) is 0.143. The fourth-order valence-corrected chi connectivity index (χ4v) is 4.36. The van der Waals surface area contributed by atoms with Crippen molar-refractivity contribution in [2.45, 2.75) is 23.6 Å². The third-order valence-electron chi connectivity index (χ3n) is 3.27. The molecule has 0 aliphatic rings. The van der Waals surface area contributed by atoms with Gasteiger partial charge in [-0.2, -0.15) is 21.9 Å². The zero-order valence-corrected chi connectivity index (χ0v) is 14.3. The van der Waals surface area contributed by atoms with Gasteiger partial charge in [-0.25, -0.2) is 0 Å². The highest BCUT2D eigenvalue weighted by Gasteiger charge is 2.30. The van der Waals surface area contributed by atoms with Crippen LogP contribution in [-0.2, 0) is 20.2 Å². The lowest BCUT2D eigenvalue weighted by atomic mass is 10.1. The minimum Gasteiger partial charge on any atom is -0.282 e. The van der Waals surface area contributed by atoms with Gasteiger partial charge in [-0.1, -0.05) is 18.2 Å². The van der Waals surface area contributed by atoms with E-state index in [1.165, 1.54) is 19.9 Å². The van der Waals surface area contributed by atoms with E-state index < -0.39 is 35.7 Å². The van der Waals surface area contributed by atoms with E-state index in [2.05, 4.69) is 10.2 Å². The van der Waals surface area contributed by atoms with Crippen LogP contribution >= 0.6 is 0 Å². The average Bonchev–Trinajstić information content (AvgIpc) is 2.46. The zero-order valence-electron chi connectivity index (χ0n) is 12.7. The summed E-state index contributed by atoms with van der Waals surface area (Å²) < 4.78 is 65.4. The molecule has 0 saturated carbocycles. The third-order valence-corrected chi connectivity index (χ3v) is 5.35. The maximum absolute atomic E-state index is 11.7. The number of benzene rings is 2. The smallest absolute Gasteiger partial charge is 0.282 e. The van der Waals surface area contributed by atoms with Crippen molar-refractivity contribution in [3.63, 3.8) is 0 Å². The summed E-state index contributed by atoms with van der Waals surface area (Å²) in [6.07, 6.45) is 0. The lowest BCUT2D eigenvalue weighted by Crippen LogP contribution is -2.11. The number of hydrogen-bond acceptors (Lipinski definition) is 6. The van der Waals surface area contributed by atoms with Gasteiger partial charge < -0.3 is 0 Å². The molecule has 0 unspecified atom stereocenters. The van der Waals surface area contributed by atoms with Gasteiger partial charge in [-0.05, 0) is 43.2 Å². The van der Waals surface area contributed by atoms with Crippen molar-refractivity contribution in [1.82, 2.24) is 0 Å². The van der Waals surface area contributed by atoms with Crippen LogP contribution in [-0.4, -0.2) is 25.9 Å². The molecule has 0 aliphatic carbocycles. The van der Waals surface area contributed by atoms with Crippen molar-refractivity contribution in [1.29, 1.82) is 0 Å². The molecular formula is C14H14N2O6S2. The minimum absolute atomic E-state index is 0.0104. The monoisotopic (exact) mass is 370 g/mol. The first-order valence-corrected chi connectivity index (χ1v) is 9.46. The summed E-state index contributed by atoms with van der Waals surface area (Å²) >= 11 is 0. The summed E-state index contributed by atoms with van der Waals surface area (Å²) in [5, 5.41) is 7.55. The van der Waals surface area contributed by atoms with E-state index in [-0.39, 0.29) is 5.56 Å². The van der Waals surface area contributed by atoms with Crippen molar-refractivity contribution >= 4 is 31.6 Å². The highest BCUT2D eigenvalue weighted by Crippen LogP contribution is 2.36. The molecule has 0 amide bonds. The maximum Gasteiger partial charge on any atom is 0.298 e. The molecule has 0 spiro atoms. The second-order valence-corrected chi connectivity index (χ2v) is 7.70. The van der Waals surface area contributed by atoms with Gasteiger partial charge in [0.25, 0.3) is 20.2 Å². The lowest BCUT2D eigenvalue weighted by Gasteiger charge is -2.12. The molecule has 0 fully saturated rings. The topological polar surface area (TPSA) is 133 Å². The van der Waals surface area contributed by atoms with Gasteiger partial charge in [0.1, 0.15) is 15.5 Å². The molecule has 0 atom stereocenters. The van der Waals surface area contributed by atoms with Gasteiger partial charge in [-0.3, -0.25) is 9.11 Å². The maximum atomic E-state index is 11.7. The molecule has 24 heavy (non-hydrogen) atoms. The van der Waals surface area contributed by atoms with Gasteiger partial charge in [0.15, 0.2) is 0 Å². The molecule has 10 heteroatoms. The molecule has 2 N–H and O–H groups in total. The number of nitrogens with zero attached hydrogens (tertiary/aromatic N) is 2. The Balaban J connectivity index is 2.82. The van der Waals surface area contributed by atoms with E-state index in [4.69, 9.17) is 0 Å². The predicted octanol–water partition coefficient (Wildman–Crippen LogP) is 3.21. The van der Waals surface area contributed by atoms with Gasteiger partial charge >= 0.3 is 0 Å². The second-order valence-electron chi connectivity index (χ2n) is 4.98. The van der Waals surface area contributed by atoms with E-state index in [1.807, 2.05) is 0 Å². The Labute approximate surface area is 139 Å². The van der Waals surface area contributed by atoms with Gasteiger partial charge in [0.2, 0.25) is 0 Å². The molecule has 0 saturated heterocycles. The Kier molecular flexibility index (Phi) is 4.85. The SMILES string of the molecule is Cc1cc(N=Nc2ccccc2)c(S(=O)(=O)O)c(S(=O)(=O)O)c1C. The van der Waals surface area contributed by atoms with Crippen LogP contribution in [0.3, 0.4) is 0 Å². The summed E-state index contributed by atoms with van der Waals surface area (Å²) in [4.78, 5) is -1.92. The molecule has 2 aromatic rings.